The Morgan fingerprint density at radius 3 is 3.11 bits per heavy atom. The van der Waals surface area contributed by atoms with Crippen molar-refractivity contribution in [3.05, 3.63) is 29.8 Å². The minimum absolute atomic E-state index is 0.0720. The lowest BCUT2D eigenvalue weighted by Gasteiger charge is -2.25. The number of carbonyl (C=O) groups is 1. The van der Waals surface area contributed by atoms with Gasteiger partial charge in [-0.1, -0.05) is 25.1 Å². The monoisotopic (exact) mass is 267 g/mol. The summed E-state index contributed by atoms with van der Waals surface area (Å²) in [6, 6.07) is 7.74. The molecule has 98 valence electrons. The standard InChI is InChI=1S/C14H18ClNO2/c1-10(8-15)9-16-14(17)12-6-7-18-13-5-3-2-4-11(12)13/h2-5,10,12H,6-9H2,1H3,(H,16,17). The first kappa shape index (κ1) is 13.2. The van der Waals surface area contributed by atoms with Crippen molar-refractivity contribution in [2.24, 2.45) is 5.92 Å². The van der Waals surface area contributed by atoms with Gasteiger partial charge in [-0.3, -0.25) is 4.79 Å². The third kappa shape index (κ3) is 2.96. The Bertz CT molecular complexity index is 422. The second-order valence-corrected chi connectivity index (χ2v) is 5.04. The van der Waals surface area contributed by atoms with Crippen LogP contribution in [0.4, 0.5) is 0 Å². The Labute approximate surface area is 112 Å². The van der Waals surface area contributed by atoms with E-state index in [0.717, 1.165) is 17.7 Å². The van der Waals surface area contributed by atoms with Crippen LogP contribution in [0.1, 0.15) is 24.8 Å². The molecule has 1 heterocycles. The Morgan fingerprint density at radius 2 is 2.33 bits per heavy atom. The molecule has 0 fully saturated rings. The van der Waals surface area contributed by atoms with Gasteiger partial charge in [0.25, 0.3) is 0 Å². The van der Waals surface area contributed by atoms with Crippen LogP contribution in [0.2, 0.25) is 0 Å². The second kappa shape index (κ2) is 6.10. The Morgan fingerprint density at radius 1 is 1.56 bits per heavy atom. The number of rotatable bonds is 4. The van der Waals surface area contributed by atoms with Gasteiger partial charge in [-0.25, -0.2) is 0 Å². The van der Waals surface area contributed by atoms with Crippen LogP contribution in [0.5, 0.6) is 5.75 Å². The summed E-state index contributed by atoms with van der Waals surface area (Å²) in [4.78, 5) is 12.2. The maximum Gasteiger partial charge on any atom is 0.227 e. The molecule has 0 bridgehead atoms. The fourth-order valence-corrected chi connectivity index (χ4v) is 2.18. The molecule has 3 nitrogen and oxygen atoms in total. The average molecular weight is 268 g/mol. The normalized spacial score (nSPS) is 19.6. The highest BCUT2D eigenvalue weighted by molar-refractivity contribution is 6.18. The van der Waals surface area contributed by atoms with E-state index in [1.165, 1.54) is 0 Å². The van der Waals surface area contributed by atoms with Crippen LogP contribution in [0, 0.1) is 5.92 Å². The van der Waals surface area contributed by atoms with Gasteiger partial charge in [0.05, 0.1) is 12.5 Å². The van der Waals surface area contributed by atoms with Gasteiger partial charge in [0, 0.05) is 18.0 Å². The van der Waals surface area contributed by atoms with E-state index >= 15 is 0 Å². The molecule has 1 aromatic carbocycles. The lowest BCUT2D eigenvalue weighted by Crippen LogP contribution is -2.35. The van der Waals surface area contributed by atoms with Gasteiger partial charge >= 0.3 is 0 Å². The van der Waals surface area contributed by atoms with Crippen molar-refractivity contribution >= 4 is 17.5 Å². The van der Waals surface area contributed by atoms with Gasteiger partial charge in [-0.2, -0.15) is 0 Å². The highest BCUT2D eigenvalue weighted by Gasteiger charge is 2.27. The third-order valence-corrected chi connectivity index (χ3v) is 3.69. The third-order valence-electron chi connectivity index (χ3n) is 3.16. The highest BCUT2D eigenvalue weighted by atomic mass is 35.5. The number of hydrogen-bond acceptors (Lipinski definition) is 2. The molecular formula is C14H18ClNO2. The fraction of sp³-hybridized carbons (Fsp3) is 0.500. The zero-order valence-electron chi connectivity index (χ0n) is 10.5. The molecule has 0 aromatic heterocycles. The summed E-state index contributed by atoms with van der Waals surface area (Å²) in [5.41, 5.74) is 0.986. The molecule has 0 spiro atoms. The van der Waals surface area contributed by atoms with Crippen LogP contribution < -0.4 is 10.1 Å². The Kier molecular flexibility index (Phi) is 4.48. The summed E-state index contributed by atoms with van der Waals surface area (Å²) in [7, 11) is 0. The molecule has 2 unspecified atom stereocenters. The average Bonchev–Trinajstić information content (AvgIpc) is 2.43. The number of amides is 1. The molecule has 0 saturated carbocycles. The van der Waals surface area contributed by atoms with Crippen molar-refractivity contribution in [2.45, 2.75) is 19.3 Å². The lowest BCUT2D eigenvalue weighted by atomic mass is 9.92. The van der Waals surface area contributed by atoms with Crippen LogP contribution >= 0.6 is 11.6 Å². The van der Waals surface area contributed by atoms with E-state index in [1.54, 1.807) is 0 Å². The molecule has 2 rings (SSSR count). The number of nitrogens with one attached hydrogen (secondary N) is 1. The summed E-state index contributed by atoms with van der Waals surface area (Å²) in [6.45, 7) is 3.24. The second-order valence-electron chi connectivity index (χ2n) is 4.73. The number of benzene rings is 1. The molecule has 18 heavy (non-hydrogen) atoms. The molecule has 1 amide bonds. The zero-order valence-corrected chi connectivity index (χ0v) is 11.2. The summed E-state index contributed by atoms with van der Waals surface area (Å²) >= 11 is 5.73. The summed E-state index contributed by atoms with van der Waals surface area (Å²) in [5, 5.41) is 2.97. The number of carbonyl (C=O) groups excluding carboxylic acids is 1. The predicted molar refractivity (Wildman–Crippen MR) is 72.2 cm³/mol. The zero-order chi connectivity index (χ0) is 13.0. The first-order chi connectivity index (χ1) is 8.72. The fourth-order valence-electron chi connectivity index (χ4n) is 2.07. The maximum absolute atomic E-state index is 12.2. The molecule has 0 saturated heterocycles. The van der Waals surface area contributed by atoms with Crippen LogP contribution in [0.25, 0.3) is 0 Å². The Hall–Kier alpha value is -1.22. The van der Waals surface area contributed by atoms with Crippen LogP contribution in [0.15, 0.2) is 24.3 Å². The number of fused-ring (bicyclic) bond motifs is 1. The lowest BCUT2D eigenvalue weighted by molar-refractivity contribution is -0.123. The molecule has 0 radical (unpaired) electrons. The van der Waals surface area contributed by atoms with Gasteiger partial charge in [0.1, 0.15) is 5.75 Å². The molecule has 2 atom stereocenters. The van der Waals surface area contributed by atoms with E-state index in [4.69, 9.17) is 16.3 Å². The minimum Gasteiger partial charge on any atom is -0.493 e. The highest BCUT2D eigenvalue weighted by Crippen LogP contribution is 2.33. The van der Waals surface area contributed by atoms with E-state index in [0.29, 0.717) is 24.9 Å². The van der Waals surface area contributed by atoms with Crippen molar-refractivity contribution < 1.29 is 9.53 Å². The van der Waals surface area contributed by atoms with Crippen LogP contribution in [-0.2, 0) is 4.79 Å². The number of alkyl halides is 1. The quantitative estimate of drug-likeness (QED) is 0.852. The number of ether oxygens (including phenoxy) is 1. The van der Waals surface area contributed by atoms with Gasteiger partial charge in [-0.15, -0.1) is 11.6 Å². The van der Waals surface area contributed by atoms with Crippen LogP contribution in [-0.4, -0.2) is 24.9 Å². The van der Waals surface area contributed by atoms with E-state index in [2.05, 4.69) is 5.32 Å². The van der Waals surface area contributed by atoms with Gasteiger partial charge in [0.15, 0.2) is 0 Å². The van der Waals surface area contributed by atoms with E-state index < -0.39 is 0 Å². The number of para-hydroxylation sites is 1. The first-order valence-corrected chi connectivity index (χ1v) is 6.81. The largest absolute Gasteiger partial charge is 0.493 e. The number of halogens is 1. The first-order valence-electron chi connectivity index (χ1n) is 6.27. The molecule has 1 aromatic rings. The predicted octanol–water partition coefficient (Wildman–Crippen LogP) is 2.54. The van der Waals surface area contributed by atoms with Crippen molar-refractivity contribution in [3.63, 3.8) is 0 Å². The van der Waals surface area contributed by atoms with E-state index in [1.807, 2.05) is 31.2 Å². The van der Waals surface area contributed by atoms with Crippen molar-refractivity contribution in [2.75, 3.05) is 19.0 Å². The van der Waals surface area contributed by atoms with Gasteiger partial charge in [-0.05, 0) is 18.4 Å². The van der Waals surface area contributed by atoms with E-state index in [-0.39, 0.29) is 11.8 Å². The Balaban J connectivity index is 2.04. The molecular weight excluding hydrogens is 250 g/mol. The summed E-state index contributed by atoms with van der Waals surface area (Å²) < 4.78 is 5.55. The molecule has 0 aliphatic carbocycles. The maximum atomic E-state index is 12.2. The van der Waals surface area contributed by atoms with Gasteiger partial charge in [0.2, 0.25) is 5.91 Å². The number of hydrogen-bond donors (Lipinski definition) is 1. The summed E-state index contributed by atoms with van der Waals surface area (Å²) in [6.07, 6.45) is 0.734. The van der Waals surface area contributed by atoms with Crippen molar-refractivity contribution in [1.82, 2.24) is 5.32 Å². The molecule has 1 N–H and O–H groups in total. The SMILES string of the molecule is CC(CCl)CNC(=O)C1CCOc2ccccc21. The van der Waals surface area contributed by atoms with Crippen molar-refractivity contribution in [3.8, 4) is 5.75 Å². The topological polar surface area (TPSA) is 38.3 Å². The molecule has 1 aliphatic heterocycles. The minimum atomic E-state index is -0.0996. The smallest absolute Gasteiger partial charge is 0.227 e. The van der Waals surface area contributed by atoms with Gasteiger partial charge < -0.3 is 10.1 Å². The van der Waals surface area contributed by atoms with E-state index in [9.17, 15) is 4.79 Å². The summed E-state index contributed by atoms with van der Waals surface area (Å²) in [5.74, 6) is 1.66. The molecule has 1 aliphatic rings. The van der Waals surface area contributed by atoms with Crippen molar-refractivity contribution in [1.29, 1.82) is 0 Å². The molecule has 4 heteroatoms. The van der Waals surface area contributed by atoms with Crippen LogP contribution in [0.3, 0.4) is 0 Å².